The summed E-state index contributed by atoms with van der Waals surface area (Å²) in [5.41, 5.74) is 0. The molecule has 0 saturated carbocycles. The first-order valence-corrected chi connectivity index (χ1v) is 2.62. The second kappa shape index (κ2) is 8.88. The van der Waals surface area contributed by atoms with Gasteiger partial charge in [0.15, 0.2) is 0 Å². The van der Waals surface area contributed by atoms with Crippen molar-refractivity contribution in [1.29, 1.82) is 0 Å². The Morgan fingerprint density at radius 2 is 0.312 bits per heavy atom. The number of halogens is 12. The fourth-order valence-electron chi connectivity index (χ4n) is 0. The summed E-state index contributed by atoms with van der Waals surface area (Å²) in [6, 6.07) is 0. The second-order valence-electron chi connectivity index (χ2n) is 1.48. The van der Waals surface area contributed by atoms with Gasteiger partial charge in [-0.3, -0.25) is 0 Å². The lowest BCUT2D eigenvalue weighted by Gasteiger charge is -1.94. The lowest BCUT2D eigenvalue weighted by Crippen LogP contribution is -2.02. The number of rotatable bonds is 0. The maximum Gasteiger partial charge on any atom is 0.673 e. The normalized spacial score (nSPS) is 11.2. The summed E-state index contributed by atoms with van der Waals surface area (Å²) in [5.74, 6) is 0. The van der Waals surface area contributed by atoms with E-state index in [0.29, 0.717) is 0 Å². The zero-order chi connectivity index (χ0) is 13.5. The van der Waals surface area contributed by atoms with Crippen molar-refractivity contribution in [3.8, 4) is 0 Å². The highest BCUT2D eigenvalue weighted by Crippen LogP contribution is 2.07. The third-order valence-electron chi connectivity index (χ3n) is 0. The largest absolute Gasteiger partial charge is 0.673 e. The van der Waals surface area contributed by atoms with E-state index in [-0.39, 0.29) is 9.90 Å². The van der Waals surface area contributed by atoms with Gasteiger partial charge in [-0.15, -0.1) is 0 Å². The van der Waals surface area contributed by atoms with Gasteiger partial charge in [-0.2, -0.15) is 9.90 Å². The Kier molecular flexibility index (Phi) is 13.8. The molecule has 0 amide bonds. The first-order valence-electron chi connectivity index (χ1n) is 2.62. The molecule has 0 aromatic carbocycles. The fraction of sp³-hybridized carbons (Fsp3) is 0. The molecule has 0 aliphatic carbocycles. The predicted octanol–water partition coefficient (Wildman–Crippen LogP) is 3.96. The monoisotopic (exact) mass is 295 g/mol. The highest BCUT2D eigenvalue weighted by atomic mass is 31.0. The first-order chi connectivity index (χ1) is 6.00. The zero-order valence-electron chi connectivity index (χ0n) is 6.97. The van der Waals surface area contributed by atoms with Gasteiger partial charge in [-0.1, -0.05) is 0 Å². The van der Waals surface area contributed by atoms with Crippen molar-refractivity contribution in [3.63, 3.8) is 0 Å². The lowest BCUT2D eigenvalue weighted by molar-refractivity contribution is 0.366. The molecule has 0 nitrogen and oxygen atoms in total. The van der Waals surface area contributed by atoms with Gasteiger partial charge in [-0.05, 0) is 0 Å². The molecule has 1 atom stereocenters. The minimum absolute atomic E-state index is 0. The molecule has 0 N–H and O–H groups in total. The van der Waals surface area contributed by atoms with Crippen molar-refractivity contribution in [1.82, 2.24) is 0 Å². The zero-order valence-corrected chi connectivity index (χ0v) is 8.39. The van der Waals surface area contributed by atoms with E-state index < -0.39 is 21.8 Å². The summed E-state index contributed by atoms with van der Waals surface area (Å²) in [6.07, 6.45) is 0. The molecule has 0 radical (unpaired) electrons. The van der Waals surface area contributed by atoms with E-state index in [0.717, 1.165) is 0 Å². The molecule has 0 heterocycles. The minimum Gasteiger partial charge on any atom is -0.418 e. The van der Waals surface area contributed by atoms with E-state index in [1.165, 1.54) is 0 Å². The van der Waals surface area contributed by atoms with Crippen LogP contribution in [-0.4, -0.2) is 21.8 Å². The van der Waals surface area contributed by atoms with Crippen LogP contribution in [0, 0.1) is 0 Å². The number of hydrogen-bond acceptors (Lipinski definition) is 0. The van der Waals surface area contributed by atoms with Crippen molar-refractivity contribution in [2.45, 2.75) is 0 Å². The first kappa shape index (κ1) is 24.8. The van der Waals surface area contributed by atoms with Gasteiger partial charge in [-0.25, -0.2) is 0 Å². The Balaban J connectivity index is -0.0000000655. The van der Waals surface area contributed by atoms with Gasteiger partial charge >= 0.3 is 21.8 Å². The van der Waals surface area contributed by atoms with E-state index in [2.05, 4.69) is 0 Å². The van der Waals surface area contributed by atoms with E-state index >= 15 is 0 Å². The lowest BCUT2D eigenvalue weighted by atomic mass is 10.3. The molecule has 0 spiro atoms. The molecule has 0 bridgehead atoms. The van der Waals surface area contributed by atoms with Crippen LogP contribution >= 0.6 is 9.90 Å². The summed E-state index contributed by atoms with van der Waals surface area (Å²) in [5, 5.41) is 0. The Labute approximate surface area is 84.7 Å². The van der Waals surface area contributed by atoms with Gasteiger partial charge < -0.3 is 51.8 Å². The molecule has 0 saturated heterocycles. The van der Waals surface area contributed by atoms with Crippen LogP contribution in [0.2, 0.25) is 0 Å². The molecular weight excluding hydrogens is 291 g/mol. The fourth-order valence-corrected chi connectivity index (χ4v) is 0. The topological polar surface area (TPSA) is 0 Å². The smallest absolute Gasteiger partial charge is 0.418 e. The second-order valence-corrected chi connectivity index (χ2v) is 1.48. The Morgan fingerprint density at radius 3 is 0.312 bits per heavy atom. The van der Waals surface area contributed by atoms with Gasteiger partial charge in [0, 0.05) is 0 Å². The van der Waals surface area contributed by atoms with Crippen LogP contribution in [0.1, 0.15) is 0 Å². The van der Waals surface area contributed by atoms with Gasteiger partial charge in [0.2, 0.25) is 0 Å². The van der Waals surface area contributed by atoms with Crippen molar-refractivity contribution >= 4 is 31.7 Å². The van der Waals surface area contributed by atoms with Crippen LogP contribution in [0.15, 0.2) is 0 Å². The van der Waals surface area contributed by atoms with Crippen LogP contribution in [0.25, 0.3) is 0 Å². The maximum absolute atomic E-state index is 9.75. The SMILES string of the molecule is F[B-](F)(F)F.F[B-](F)(F)F.F[B-](F)(F)F.P. The van der Waals surface area contributed by atoms with E-state index in [9.17, 15) is 51.8 Å². The molecule has 16 heteroatoms. The Morgan fingerprint density at radius 1 is 0.312 bits per heavy atom. The third kappa shape index (κ3) is 48700. The van der Waals surface area contributed by atoms with Crippen molar-refractivity contribution < 1.29 is 51.8 Å². The highest BCUT2D eigenvalue weighted by Gasteiger charge is 2.21. The van der Waals surface area contributed by atoms with E-state index in [1.54, 1.807) is 0 Å². The summed E-state index contributed by atoms with van der Waals surface area (Å²) in [6.45, 7) is 0. The van der Waals surface area contributed by atoms with Gasteiger partial charge in [0.25, 0.3) is 0 Å². The predicted molar refractivity (Wildman–Crippen MR) is 41.7 cm³/mol. The summed E-state index contributed by atoms with van der Waals surface area (Å²) in [4.78, 5) is 0. The maximum atomic E-state index is 9.75. The standard InChI is InChI=1S/3BF4.H3P/c3*2-1(3,4)5;/h;;;1H3/q3*-1;. The minimum atomic E-state index is -6.00. The quantitative estimate of drug-likeness (QED) is 0.360. The van der Waals surface area contributed by atoms with Crippen LogP contribution in [0.4, 0.5) is 51.8 Å². The van der Waals surface area contributed by atoms with Crippen molar-refractivity contribution in [2.24, 2.45) is 0 Å². The molecule has 0 fully saturated rings. The average molecular weight is 294 g/mol. The van der Waals surface area contributed by atoms with E-state index in [4.69, 9.17) is 0 Å². The summed E-state index contributed by atoms with van der Waals surface area (Å²) >= 11 is 0. The molecule has 1 unspecified atom stereocenters. The molecule has 0 aliphatic heterocycles. The van der Waals surface area contributed by atoms with E-state index in [1.807, 2.05) is 0 Å². The van der Waals surface area contributed by atoms with Crippen LogP contribution < -0.4 is 0 Å². The van der Waals surface area contributed by atoms with Crippen LogP contribution in [0.3, 0.4) is 0 Å². The number of hydrogen-bond donors (Lipinski definition) is 0. The molecule has 0 aromatic heterocycles. The molecule has 0 rings (SSSR count). The highest BCUT2D eigenvalue weighted by molar-refractivity contribution is 6.92. The van der Waals surface area contributed by atoms with Gasteiger partial charge in [0.1, 0.15) is 0 Å². The summed E-state index contributed by atoms with van der Waals surface area (Å²) in [7, 11) is -18.0. The Bertz CT molecular complexity index is 91.3. The summed E-state index contributed by atoms with van der Waals surface area (Å²) < 4.78 is 117. The third-order valence-corrected chi connectivity index (χ3v) is 0. The van der Waals surface area contributed by atoms with Crippen LogP contribution in [-0.2, 0) is 0 Å². The molecule has 0 aliphatic rings. The van der Waals surface area contributed by atoms with Gasteiger partial charge in [0.05, 0.1) is 0 Å². The average Bonchev–Trinajstić information content (AvgIpc) is 1.41. The molecule has 16 heavy (non-hydrogen) atoms. The van der Waals surface area contributed by atoms with Crippen molar-refractivity contribution in [3.05, 3.63) is 0 Å². The molecule has 104 valence electrons. The van der Waals surface area contributed by atoms with Crippen LogP contribution in [0.5, 0.6) is 0 Å². The van der Waals surface area contributed by atoms with Crippen molar-refractivity contribution in [2.75, 3.05) is 0 Å². The molecule has 0 aromatic rings. The molecular formula is H3B3F12P-3. The Hall–Kier alpha value is -0.215.